The second-order valence-electron chi connectivity index (χ2n) is 7.07. The lowest BCUT2D eigenvalue weighted by atomic mass is 9.78. The fraction of sp³-hybridized carbons (Fsp3) is 0.900. The number of unbranched alkanes of at least 4 members (excludes halogenated alkanes) is 1. The van der Waals surface area contributed by atoms with Crippen LogP contribution in [0.2, 0.25) is 0 Å². The van der Waals surface area contributed by atoms with Gasteiger partial charge in [0.1, 0.15) is 0 Å². The molecule has 1 fully saturated rings. The predicted molar refractivity (Wildman–Crippen MR) is 96.8 cm³/mol. The van der Waals surface area contributed by atoms with Crippen molar-refractivity contribution in [3.8, 4) is 0 Å². The average Bonchev–Trinajstić information content (AvgIpc) is 2.52. The molecule has 0 aromatic rings. The molecule has 0 saturated heterocycles. The third-order valence-corrected chi connectivity index (χ3v) is 4.67. The molecule has 0 spiro atoms. The first-order chi connectivity index (χ1) is 11.1. The summed E-state index contributed by atoms with van der Waals surface area (Å²) in [5, 5.41) is 0. The van der Waals surface area contributed by atoms with Gasteiger partial charge < -0.3 is 14.2 Å². The van der Waals surface area contributed by atoms with E-state index in [9.17, 15) is 0 Å². The second-order valence-corrected chi connectivity index (χ2v) is 7.07. The number of rotatable bonds is 13. The molecule has 1 aliphatic rings. The van der Waals surface area contributed by atoms with Crippen molar-refractivity contribution >= 4 is 0 Å². The van der Waals surface area contributed by atoms with E-state index in [0.717, 1.165) is 58.2 Å². The largest absolute Gasteiger partial charge is 0.381 e. The van der Waals surface area contributed by atoms with Crippen molar-refractivity contribution in [3.05, 3.63) is 12.2 Å². The standard InChI is InChI=1S/C20H38O3/c1-5-6-11-21-12-7-13-22-14-8-15-23-20-16-18(4)9-10-19(20)17(2)3/h18-20H,2,5-16H2,1,3-4H3. The van der Waals surface area contributed by atoms with Crippen LogP contribution in [0.5, 0.6) is 0 Å². The molecular formula is C20H38O3. The summed E-state index contributed by atoms with van der Waals surface area (Å²) in [5.41, 5.74) is 1.28. The number of ether oxygens (including phenoxy) is 3. The Balaban J connectivity index is 1.98. The molecule has 3 unspecified atom stereocenters. The Hall–Kier alpha value is -0.380. The molecule has 3 heteroatoms. The van der Waals surface area contributed by atoms with Gasteiger partial charge in [0.15, 0.2) is 0 Å². The van der Waals surface area contributed by atoms with E-state index < -0.39 is 0 Å². The fourth-order valence-electron chi connectivity index (χ4n) is 3.19. The molecule has 3 atom stereocenters. The van der Waals surface area contributed by atoms with Gasteiger partial charge in [-0.2, -0.15) is 0 Å². The van der Waals surface area contributed by atoms with Gasteiger partial charge in [0.05, 0.1) is 6.10 Å². The van der Waals surface area contributed by atoms with Crippen LogP contribution in [0.1, 0.15) is 65.7 Å². The first-order valence-corrected chi connectivity index (χ1v) is 9.57. The molecule has 3 nitrogen and oxygen atoms in total. The lowest BCUT2D eigenvalue weighted by Gasteiger charge is -2.35. The Labute approximate surface area is 143 Å². The minimum Gasteiger partial charge on any atom is -0.381 e. The maximum absolute atomic E-state index is 6.13. The van der Waals surface area contributed by atoms with E-state index in [4.69, 9.17) is 14.2 Å². The Morgan fingerprint density at radius 1 is 0.957 bits per heavy atom. The van der Waals surface area contributed by atoms with Gasteiger partial charge in [0, 0.05) is 39.0 Å². The molecule has 0 bridgehead atoms. The van der Waals surface area contributed by atoms with E-state index in [1.165, 1.54) is 31.3 Å². The summed E-state index contributed by atoms with van der Waals surface area (Å²) >= 11 is 0. The van der Waals surface area contributed by atoms with E-state index >= 15 is 0 Å². The summed E-state index contributed by atoms with van der Waals surface area (Å²) in [4.78, 5) is 0. The third kappa shape index (κ3) is 9.49. The van der Waals surface area contributed by atoms with Gasteiger partial charge in [-0.3, -0.25) is 0 Å². The van der Waals surface area contributed by atoms with Crippen LogP contribution in [0.3, 0.4) is 0 Å². The highest BCUT2D eigenvalue weighted by atomic mass is 16.5. The molecule has 0 amide bonds. The van der Waals surface area contributed by atoms with Crippen molar-refractivity contribution in [2.75, 3.05) is 33.0 Å². The smallest absolute Gasteiger partial charge is 0.0642 e. The monoisotopic (exact) mass is 326 g/mol. The average molecular weight is 327 g/mol. The van der Waals surface area contributed by atoms with Crippen molar-refractivity contribution in [1.29, 1.82) is 0 Å². The highest BCUT2D eigenvalue weighted by molar-refractivity contribution is 5.02. The van der Waals surface area contributed by atoms with Crippen LogP contribution in [0.4, 0.5) is 0 Å². The van der Waals surface area contributed by atoms with Crippen LogP contribution in [-0.4, -0.2) is 39.1 Å². The zero-order valence-corrected chi connectivity index (χ0v) is 15.6. The Morgan fingerprint density at radius 2 is 1.57 bits per heavy atom. The molecule has 0 aromatic carbocycles. The maximum atomic E-state index is 6.13. The minimum absolute atomic E-state index is 0.364. The molecule has 136 valence electrons. The lowest BCUT2D eigenvalue weighted by Crippen LogP contribution is -2.32. The summed E-state index contributed by atoms with van der Waals surface area (Å²) in [6.07, 6.45) is 8.39. The van der Waals surface area contributed by atoms with Gasteiger partial charge in [0.2, 0.25) is 0 Å². The van der Waals surface area contributed by atoms with Crippen LogP contribution in [0.25, 0.3) is 0 Å². The lowest BCUT2D eigenvalue weighted by molar-refractivity contribution is -0.0217. The first kappa shape index (κ1) is 20.7. The Kier molecular flexibility index (Phi) is 11.7. The van der Waals surface area contributed by atoms with Gasteiger partial charge in [-0.15, -0.1) is 0 Å². The zero-order valence-electron chi connectivity index (χ0n) is 15.6. The van der Waals surface area contributed by atoms with Crippen LogP contribution >= 0.6 is 0 Å². The summed E-state index contributed by atoms with van der Waals surface area (Å²) in [6.45, 7) is 14.9. The Morgan fingerprint density at radius 3 is 2.17 bits per heavy atom. The predicted octanol–water partition coefficient (Wildman–Crippen LogP) is 5.00. The van der Waals surface area contributed by atoms with Crippen molar-refractivity contribution < 1.29 is 14.2 Å². The van der Waals surface area contributed by atoms with Gasteiger partial charge in [-0.25, -0.2) is 0 Å². The van der Waals surface area contributed by atoms with E-state index in [2.05, 4.69) is 27.4 Å². The van der Waals surface area contributed by atoms with Gasteiger partial charge in [-0.1, -0.05) is 32.4 Å². The molecule has 0 aromatic heterocycles. The SMILES string of the molecule is C=C(C)C1CCC(C)CC1OCCCOCCCOCCCC. The molecule has 1 aliphatic carbocycles. The molecule has 0 N–H and O–H groups in total. The minimum atomic E-state index is 0.364. The summed E-state index contributed by atoms with van der Waals surface area (Å²) in [7, 11) is 0. The van der Waals surface area contributed by atoms with E-state index in [1.807, 2.05) is 0 Å². The second kappa shape index (κ2) is 13.0. The fourth-order valence-corrected chi connectivity index (χ4v) is 3.19. The molecule has 1 rings (SSSR count). The van der Waals surface area contributed by atoms with Crippen molar-refractivity contribution in [2.45, 2.75) is 71.8 Å². The first-order valence-electron chi connectivity index (χ1n) is 9.57. The van der Waals surface area contributed by atoms with Crippen LogP contribution in [0, 0.1) is 11.8 Å². The topological polar surface area (TPSA) is 27.7 Å². The molecular weight excluding hydrogens is 288 g/mol. The highest BCUT2D eigenvalue weighted by Crippen LogP contribution is 2.34. The van der Waals surface area contributed by atoms with Crippen LogP contribution in [0.15, 0.2) is 12.2 Å². The molecule has 0 heterocycles. The van der Waals surface area contributed by atoms with Crippen LogP contribution in [-0.2, 0) is 14.2 Å². The summed E-state index contributed by atoms with van der Waals surface area (Å²) < 4.78 is 17.3. The zero-order chi connectivity index (χ0) is 16.9. The van der Waals surface area contributed by atoms with Crippen molar-refractivity contribution in [3.63, 3.8) is 0 Å². The number of hydrogen-bond acceptors (Lipinski definition) is 3. The third-order valence-electron chi connectivity index (χ3n) is 4.67. The van der Waals surface area contributed by atoms with E-state index in [1.54, 1.807) is 0 Å². The molecule has 1 saturated carbocycles. The molecule has 23 heavy (non-hydrogen) atoms. The quantitative estimate of drug-likeness (QED) is 0.352. The number of hydrogen-bond donors (Lipinski definition) is 0. The van der Waals surface area contributed by atoms with E-state index in [-0.39, 0.29) is 0 Å². The van der Waals surface area contributed by atoms with Gasteiger partial charge in [0.25, 0.3) is 0 Å². The molecule has 0 aliphatic heterocycles. The summed E-state index contributed by atoms with van der Waals surface area (Å²) in [6, 6.07) is 0. The van der Waals surface area contributed by atoms with E-state index in [0.29, 0.717) is 12.0 Å². The maximum Gasteiger partial charge on any atom is 0.0642 e. The van der Waals surface area contributed by atoms with Crippen LogP contribution < -0.4 is 0 Å². The van der Waals surface area contributed by atoms with Gasteiger partial charge in [-0.05, 0) is 51.4 Å². The van der Waals surface area contributed by atoms with Crippen molar-refractivity contribution in [1.82, 2.24) is 0 Å². The van der Waals surface area contributed by atoms with Gasteiger partial charge >= 0.3 is 0 Å². The molecule has 0 radical (unpaired) electrons. The summed E-state index contributed by atoms with van der Waals surface area (Å²) in [5.74, 6) is 1.33. The Bertz CT molecular complexity index is 303. The van der Waals surface area contributed by atoms with Crippen molar-refractivity contribution in [2.24, 2.45) is 11.8 Å². The highest BCUT2D eigenvalue weighted by Gasteiger charge is 2.29. The normalized spacial score (nSPS) is 24.7.